The number of carbonyl (C=O) groups excluding carboxylic acids is 1. The molecule has 4 heteroatoms. The molecule has 0 saturated heterocycles. The van der Waals surface area contributed by atoms with Crippen molar-refractivity contribution in [1.29, 1.82) is 0 Å². The number of hydrogen-bond acceptors (Lipinski definition) is 4. The third-order valence-corrected chi connectivity index (χ3v) is 2.79. The highest BCUT2D eigenvalue weighted by atomic mass is 16.5. The minimum absolute atomic E-state index is 0.0749. The Morgan fingerprint density at radius 3 is 2.47 bits per heavy atom. The zero-order chi connectivity index (χ0) is 13.7. The number of pyridine rings is 1. The van der Waals surface area contributed by atoms with Gasteiger partial charge in [0.15, 0.2) is 5.78 Å². The molecule has 0 spiro atoms. The fourth-order valence-corrected chi connectivity index (χ4v) is 1.66. The molecule has 4 nitrogen and oxygen atoms in total. The molecule has 0 radical (unpaired) electrons. The van der Waals surface area contributed by atoms with Crippen LogP contribution in [0.1, 0.15) is 22.8 Å². The van der Waals surface area contributed by atoms with Gasteiger partial charge in [-0.15, -0.1) is 0 Å². The van der Waals surface area contributed by atoms with Crippen LogP contribution in [-0.2, 0) is 6.54 Å². The highest BCUT2D eigenvalue weighted by Crippen LogP contribution is 2.12. The van der Waals surface area contributed by atoms with Gasteiger partial charge >= 0.3 is 0 Å². The predicted octanol–water partition coefficient (Wildman–Crippen LogP) is 2.90. The van der Waals surface area contributed by atoms with Crippen molar-refractivity contribution >= 4 is 11.5 Å². The van der Waals surface area contributed by atoms with Crippen molar-refractivity contribution in [1.82, 2.24) is 4.98 Å². The summed E-state index contributed by atoms with van der Waals surface area (Å²) in [6.45, 7) is 2.24. The number of ether oxygens (including phenoxy) is 1. The maximum Gasteiger partial charge on any atom is 0.212 e. The van der Waals surface area contributed by atoms with Gasteiger partial charge < -0.3 is 10.1 Å². The summed E-state index contributed by atoms with van der Waals surface area (Å²) in [5, 5.41) is 3.27. The van der Waals surface area contributed by atoms with Crippen molar-refractivity contribution in [2.45, 2.75) is 13.5 Å². The second-order valence-corrected chi connectivity index (χ2v) is 4.20. The van der Waals surface area contributed by atoms with E-state index in [9.17, 15) is 4.79 Å². The summed E-state index contributed by atoms with van der Waals surface area (Å²) in [5.41, 5.74) is 2.76. The first-order valence-electron chi connectivity index (χ1n) is 6.03. The topological polar surface area (TPSA) is 51.2 Å². The maximum absolute atomic E-state index is 11.2. The highest BCUT2D eigenvalue weighted by Gasteiger charge is 1.99. The number of Topliss-reactive ketones (excluding diaryl/α,β-unsaturated/α-hetero) is 1. The Morgan fingerprint density at radius 2 is 1.95 bits per heavy atom. The molecular formula is C15H16N2O2. The number of anilines is 1. The Bertz CT molecular complexity index is 547. The van der Waals surface area contributed by atoms with E-state index in [1.165, 1.54) is 0 Å². The monoisotopic (exact) mass is 256 g/mol. The summed E-state index contributed by atoms with van der Waals surface area (Å²) in [7, 11) is 1.59. The Hall–Kier alpha value is -2.36. The number of benzene rings is 1. The van der Waals surface area contributed by atoms with E-state index in [0.717, 1.165) is 16.8 Å². The number of carbonyl (C=O) groups is 1. The quantitative estimate of drug-likeness (QED) is 0.836. The molecular weight excluding hydrogens is 240 g/mol. The van der Waals surface area contributed by atoms with Crippen LogP contribution >= 0.6 is 0 Å². The van der Waals surface area contributed by atoms with Crippen molar-refractivity contribution in [2.75, 3.05) is 12.4 Å². The molecule has 0 aliphatic carbocycles. The van der Waals surface area contributed by atoms with Crippen LogP contribution in [0.3, 0.4) is 0 Å². The molecule has 0 saturated carbocycles. The number of methoxy groups -OCH3 is 1. The second kappa shape index (κ2) is 6.00. The van der Waals surface area contributed by atoms with Gasteiger partial charge in [0.2, 0.25) is 5.88 Å². The smallest absolute Gasteiger partial charge is 0.212 e. The lowest BCUT2D eigenvalue weighted by Gasteiger charge is -2.07. The minimum atomic E-state index is 0.0749. The summed E-state index contributed by atoms with van der Waals surface area (Å²) in [4.78, 5) is 15.3. The van der Waals surface area contributed by atoms with Crippen LogP contribution in [0.15, 0.2) is 42.6 Å². The van der Waals surface area contributed by atoms with E-state index in [2.05, 4.69) is 10.3 Å². The summed E-state index contributed by atoms with van der Waals surface area (Å²) in [6, 6.07) is 11.2. The van der Waals surface area contributed by atoms with Gasteiger partial charge in [-0.2, -0.15) is 0 Å². The van der Waals surface area contributed by atoms with Crippen LogP contribution < -0.4 is 10.1 Å². The SMILES string of the molecule is COc1ccc(CNc2ccc(C(C)=O)cc2)cn1. The van der Waals surface area contributed by atoms with Gasteiger partial charge in [0.25, 0.3) is 0 Å². The van der Waals surface area contributed by atoms with Crippen LogP contribution in [0, 0.1) is 0 Å². The molecule has 0 aliphatic heterocycles. The van der Waals surface area contributed by atoms with Crippen LogP contribution in [-0.4, -0.2) is 17.9 Å². The van der Waals surface area contributed by atoms with E-state index >= 15 is 0 Å². The van der Waals surface area contributed by atoms with Gasteiger partial charge in [0.05, 0.1) is 7.11 Å². The normalized spacial score (nSPS) is 10.0. The molecule has 0 aliphatic rings. The molecule has 1 heterocycles. The molecule has 0 fully saturated rings. The zero-order valence-electron chi connectivity index (χ0n) is 11.0. The maximum atomic E-state index is 11.2. The van der Waals surface area contributed by atoms with E-state index in [-0.39, 0.29) is 5.78 Å². The van der Waals surface area contributed by atoms with Crippen LogP contribution in [0.2, 0.25) is 0 Å². The summed E-state index contributed by atoms with van der Waals surface area (Å²) >= 11 is 0. The summed E-state index contributed by atoms with van der Waals surface area (Å²) < 4.78 is 5.00. The third kappa shape index (κ3) is 3.55. The number of aromatic nitrogens is 1. The van der Waals surface area contributed by atoms with Gasteiger partial charge in [-0.25, -0.2) is 4.98 Å². The molecule has 2 rings (SSSR count). The number of nitrogens with one attached hydrogen (secondary N) is 1. The van der Waals surface area contributed by atoms with Gasteiger partial charge in [0.1, 0.15) is 0 Å². The summed E-state index contributed by atoms with van der Waals surface area (Å²) in [5.74, 6) is 0.681. The van der Waals surface area contributed by atoms with Crippen molar-refractivity contribution in [3.05, 3.63) is 53.7 Å². The first kappa shape index (κ1) is 13.1. The molecule has 1 N–H and O–H groups in total. The van der Waals surface area contributed by atoms with Crippen molar-refractivity contribution in [2.24, 2.45) is 0 Å². The van der Waals surface area contributed by atoms with Crippen LogP contribution in [0.5, 0.6) is 5.88 Å². The third-order valence-electron chi connectivity index (χ3n) is 2.79. The lowest BCUT2D eigenvalue weighted by atomic mass is 10.1. The highest BCUT2D eigenvalue weighted by molar-refractivity contribution is 5.94. The fourth-order valence-electron chi connectivity index (χ4n) is 1.66. The van der Waals surface area contributed by atoms with Crippen molar-refractivity contribution in [3.8, 4) is 5.88 Å². The number of ketones is 1. The van der Waals surface area contributed by atoms with Gasteiger partial charge in [-0.3, -0.25) is 4.79 Å². The lowest BCUT2D eigenvalue weighted by Crippen LogP contribution is -2.01. The second-order valence-electron chi connectivity index (χ2n) is 4.20. The van der Waals surface area contributed by atoms with E-state index in [1.54, 1.807) is 20.2 Å². The molecule has 2 aromatic rings. The number of nitrogens with zero attached hydrogens (tertiary/aromatic N) is 1. The Kier molecular flexibility index (Phi) is 4.13. The first-order valence-corrected chi connectivity index (χ1v) is 6.03. The average molecular weight is 256 g/mol. The van der Waals surface area contributed by atoms with E-state index in [0.29, 0.717) is 12.4 Å². The molecule has 98 valence electrons. The average Bonchev–Trinajstić information content (AvgIpc) is 2.46. The van der Waals surface area contributed by atoms with E-state index in [1.807, 2.05) is 36.4 Å². The molecule has 0 bridgehead atoms. The zero-order valence-corrected chi connectivity index (χ0v) is 11.0. The molecule has 19 heavy (non-hydrogen) atoms. The van der Waals surface area contributed by atoms with Gasteiger partial charge in [-0.05, 0) is 36.8 Å². The van der Waals surface area contributed by atoms with Crippen LogP contribution in [0.4, 0.5) is 5.69 Å². The first-order chi connectivity index (χ1) is 9.19. The van der Waals surface area contributed by atoms with E-state index < -0.39 is 0 Å². The van der Waals surface area contributed by atoms with Crippen molar-refractivity contribution < 1.29 is 9.53 Å². The molecule has 1 aromatic heterocycles. The minimum Gasteiger partial charge on any atom is -0.481 e. The molecule has 0 amide bonds. The fraction of sp³-hybridized carbons (Fsp3) is 0.200. The van der Waals surface area contributed by atoms with E-state index in [4.69, 9.17) is 4.74 Å². The molecule has 0 unspecified atom stereocenters. The van der Waals surface area contributed by atoms with Gasteiger partial charge in [-0.1, -0.05) is 6.07 Å². The Labute approximate surface area is 112 Å². The van der Waals surface area contributed by atoms with Crippen LogP contribution in [0.25, 0.3) is 0 Å². The van der Waals surface area contributed by atoms with Crippen molar-refractivity contribution in [3.63, 3.8) is 0 Å². The summed E-state index contributed by atoms with van der Waals surface area (Å²) in [6.07, 6.45) is 1.77. The Balaban J connectivity index is 1.95. The largest absolute Gasteiger partial charge is 0.481 e. The lowest BCUT2D eigenvalue weighted by molar-refractivity contribution is 0.101. The molecule has 1 aromatic carbocycles. The Morgan fingerprint density at radius 1 is 1.21 bits per heavy atom. The predicted molar refractivity (Wildman–Crippen MR) is 74.6 cm³/mol. The van der Waals surface area contributed by atoms with Gasteiger partial charge in [0, 0.05) is 30.1 Å². The number of rotatable bonds is 5. The number of hydrogen-bond donors (Lipinski definition) is 1. The standard InChI is InChI=1S/C15H16N2O2/c1-11(18)13-4-6-14(7-5-13)16-9-12-3-8-15(19-2)17-10-12/h3-8,10,16H,9H2,1-2H3. The molecule has 0 atom stereocenters.